The second kappa shape index (κ2) is 11.2. The van der Waals surface area contributed by atoms with Crippen LogP contribution >= 0.6 is 0 Å². The molecule has 0 aliphatic carbocycles. The monoisotopic (exact) mass is 400 g/mol. The average Bonchev–Trinajstić information content (AvgIpc) is 3.01. The smallest absolute Gasteiger partial charge is 0.238 e. The number of aromatic nitrogens is 4. The molecule has 3 aromatic rings. The van der Waals surface area contributed by atoms with Gasteiger partial charge in [-0.3, -0.25) is 9.98 Å². The average molecular weight is 400 g/mol. The van der Waals surface area contributed by atoms with Crippen molar-refractivity contribution in [1.82, 2.24) is 19.6 Å². The summed E-state index contributed by atoms with van der Waals surface area (Å²) in [6, 6.07) is 5.68. The van der Waals surface area contributed by atoms with E-state index < -0.39 is 6.43 Å². The normalized spacial score (nSPS) is 10.1. The summed E-state index contributed by atoms with van der Waals surface area (Å²) >= 11 is 0. The van der Waals surface area contributed by atoms with Gasteiger partial charge in [0.1, 0.15) is 7.85 Å². The van der Waals surface area contributed by atoms with Gasteiger partial charge in [0.15, 0.2) is 0 Å². The molecule has 0 saturated carbocycles. The molecule has 2 N–H and O–H groups in total. The number of nitrogen functional groups attached to an aromatic ring is 1. The molecule has 3 rings (SSSR count). The summed E-state index contributed by atoms with van der Waals surface area (Å²) in [4.78, 5) is 13.1. The highest BCUT2D eigenvalue weighted by Crippen LogP contribution is 2.26. The van der Waals surface area contributed by atoms with E-state index in [-0.39, 0.29) is 12.4 Å². The standard InChI is InChI=1S/C15H15BN6.C3H6F2.C2H6/c1-8(2)19-11-4-5-12(20-9(11)3)10-6-14(16)22-13(10)7-18-15(17)21-22;1-2-3(4)5;1-2/h4-7H,1-3H3,(H2,17,21);3H,2H2,1H3;1-2H3. The van der Waals surface area contributed by atoms with Gasteiger partial charge in [0.05, 0.1) is 28.8 Å². The van der Waals surface area contributed by atoms with Crippen LogP contribution in [0.2, 0.25) is 0 Å². The van der Waals surface area contributed by atoms with Gasteiger partial charge >= 0.3 is 0 Å². The van der Waals surface area contributed by atoms with Gasteiger partial charge in [-0.2, -0.15) is 0 Å². The molecule has 0 fully saturated rings. The van der Waals surface area contributed by atoms with Crippen LogP contribution in [0.25, 0.3) is 16.8 Å². The number of aliphatic imine (C=N–C) groups is 1. The Kier molecular flexibility index (Phi) is 9.38. The van der Waals surface area contributed by atoms with Gasteiger partial charge in [-0.1, -0.05) is 20.8 Å². The predicted molar refractivity (Wildman–Crippen MR) is 117 cm³/mol. The Morgan fingerprint density at radius 2 is 1.90 bits per heavy atom. The summed E-state index contributed by atoms with van der Waals surface area (Å²) in [7, 11) is 5.98. The zero-order valence-corrected chi connectivity index (χ0v) is 17.7. The predicted octanol–water partition coefficient (Wildman–Crippen LogP) is 4.28. The Morgan fingerprint density at radius 1 is 1.28 bits per heavy atom. The van der Waals surface area contributed by atoms with Crippen molar-refractivity contribution in [3.63, 3.8) is 0 Å². The number of hydrogen-bond acceptors (Lipinski definition) is 5. The number of nitrogens with two attached hydrogens (primary N) is 1. The molecule has 2 radical (unpaired) electrons. The van der Waals surface area contributed by atoms with Crippen molar-refractivity contribution < 1.29 is 8.78 Å². The largest absolute Gasteiger partial charge is 0.367 e. The molecule has 0 aromatic carbocycles. The topological polar surface area (TPSA) is 81.5 Å². The molecule has 3 heterocycles. The van der Waals surface area contributed by atoms with E-state index in [2.05, 4.69) is 20.1 Å². The fraction of sp³-hybridized carbons (Fsp3) is 0.400. The number of alkyl halides is 2. The molecule has 0 unspecified atom stereocenters. The molecule has 0 aliphatic rings. The molecule has 9 heteroatoms. The summed E-state index contributed by atoms with van der Waals surface area (Å²) in [6.45, 7) is 11.3. The van der Waals surface area contributed by atoms with E-state index in [0.29, 0.717) is 5.59 Å². The first kappa shape index (κ1) is 24.2. The van der Waals surface area contributed by atoms with Crippen molar-refractivity contribution in [2.24, 2.45) is 4.99 Å². The maximum absolute atomic E-state index is 10.8. The van der Waals surface area contributed by atoms with Crippen LogP contribution in [0.4, 0.5) is 20.4 Å². The van der Waals surface area contributed by atoms with Crippen LogP contribution in [0.1, 0.15) is 46.7 Å². The maximum Gasteiger partial charge on any atom is 0.238 e. The van der Waals surface area contributed by atoms with E-state index in [1.165, 1.54) is 6.92 Å². The van der Waals surface area contributed by atoms with Gasteiger partial charge in [-0.05, 0) is 44.6 Å². The van der Waals surface area contributed by atoms with Crippen molar-refractivity contribution in [2.45, 2.75) is 54.4 Å². The fourth-order valence-electron chi connectivity index (χ4n) is 2.30. The summed E-state index contributed by atoms with van der Waals surface area (Å²) in [6.07, 6.45) is -0.497. The van der Waals surface area contributed by atoms with Crippen molar-refractivity contribution >= 4 is 36.3 Å². The second-order valence-corrected chi connectivity index (χ2v) is 6.06. The van der Waals surface area contributed by atoms with E-state index in [4.69, 9.17) is 13.6 Å². The van der Waals surface area contributed by atoms with Crippen LogP contribution in [0.3, 0.4) is 0 Å². The quantitative estimate of drug-likeness (QED) is 0.526. The van der Waals surface area contributed by atoms with Gasteiger partial charge in [-0.15, -0.1) is 5.10 Å². The number of hydrogen-bond donors (Lipinski definition) is 1. The zero-order valence-electron chi connectivity index (χ0n) is 17.7. The third-order valence-electron chi connectivity index (χ3n) is 3.55. The Labute approximate surface area is 171 Å². The fourth-order valence-corrected chi connectivity index (χ4v) is 2.30. The maximum atomic E-state index is 10.8. The minimum Gasteiger partial charge on any atom is -0.367 e. The van der Waals surface area contributed by atoms with Crippen LogP contribution < -0.4 is 11.3 Å². The summed E-state index contributed by atoms with van der Waals surface area (Å²) < 4.78 is 23.1. The SMILES string of the molecule is CC.CCC(F)F.[B]c1cc(-c2ccc(N=C(C)C)c(C)n2)c2cnc(N)nn12. The molecule has 29 heavy (non-hydrogen) atoms. The lowest BCUT2D eigenvalue weighted by atomic mass is 10.0. The molecule has 0 amide bonds. The molecule has 3 aromatic heterocycles. The minimum atomic E-state index is -2.12. The van der Waals surface area contributed by atoms with Gasteiger partial charge in [0, 0.05) is 17.7 Å². The summed E-state index contributed by atoms with van der Waals surface area (Å²) in [5.74, 6) is 0.175. The number of pyridine rings is 1. The lowest BCUT2D eigenvalue weighted by Gasteiger charge is -2.05. The first-order chi connectivity index (χ1) is 13.7. The third kappa shape index (κ3) is 6.62. The minimum absolute atomic E-state index is 0.0278. The Bertz CT molecular complexity index is 965. The molecule has 0 spiro atoms. The summed E-state index contributed by atoms with van der Waals surface area (Å²) in [5.41, 5.74) is 11.2. The van der Waals surface area contributed by atoms with Gasteiger partial charge in [0.25, 0.3) is 0 Å². The van der Waals surface area contributed by atoms with Gasteiger partial charge in [0.2, 0.25) is 12.4 Å². The lowest BCUT2D eigenvalue weighted by molar-refractivity contribution is 0.144. The molecule has 6 nitrogen and oxygen atoms in total. The van der Waals surface area contributed by atoms with Crippen molar-refractivity contribution in [3.05, 3.63) is 30.1 Å². The molecule has 0 bridgehead atoms. The Balaban J connectivity index is 0.000000527. The number of fused-ring (bicyclic) bond motifs is 1. The van der Waals surface area contributed by atoms with Crippen LogP contribution in [-0.4, -0.2) is 39.6 Å². The van der Waals surface area contributed by atoms with E-state index in [0.717, 1.165) is 33.9 Å². The summed E-state index contributed by atoms with van der Waals surface area (Å²) in [5, 5.41) is 4.11. The van der Waals surface area contributed by atoms with E-state index in [1.54, 1.807) is 10.7 Å². The van der Waals surface area contributed by atoms with Crippen LogP contribution in [0, 0.1) is 6.92 Å². The number of nitrogens with zero attached hydrogens (tertiary/aromatic N) is 5. The highest BCUT2D eigenvalue weighted by Gasteiger charge is 2.12. The van der Waals surface area contributed by atoms with Crippen LogP contribution in [-0.2, 0) is 0 Å². The van der Waals surface area contributed by atoms with Crippen molar-refractivity contribution in [1.29, 1.82) is 0 Å². The highest BCUT2D eigenvalue weighted by molar-refractivity contribution is 6.32. The molecule has 0 atom stereocenters. The van der Waals surface area contributed by atoms with Gasteiger partial charge in [-0.25, -0.2) is 18.3 Å². The number of anilines is 1. The van der Waals surface area contributed by atoms with Crippen LogP contribution in [0.5, 0.6) is 0 Å². The number of aryl methyl sites for hydroxylation is 1. The molecule has 0 aliphatic heterocycles. The van der Waals surface area contributed by atoms with Crippen LogP contribution in [0.15, 0.2) is 29.4 Å². The van der Waals surface area contributed by atoms with Gasteiger partial charge < -0.3 is 5.73 Å². The number of rotatable bonds is 3. The Hall–Kier alpha value is -2.84. The molecule has 0 saturated heterocycles. The van der Waals surface area contributed by atoms with Crippen molar-refractivity contribution in [2.75, 3.05) is 5.73 Å². The first-order valence-electron chi connectivity index (χ1n) is 9.40. The third-order valence-corrected chi connectivity index (χ3v) is 3.55. The van der Waals surface area contributed by atoms with E-state index >= 15 is 0 Å². The van der Waals surface area contributed by atoms with E-state index in [1.807, 2.05) is 52.8 Å². The second-order valence-electron chi connectivity index (χ2n) is 6.06. The zero-order chi connectivity index (χ0) is 22.1. The molecule has 154 valence electrons. The number of halogens is 2. The molecular formula is C20H27BF2N6. The first-order valence-corrected chi connectivity index (χ1v) is 9.40. The van der Waals surface area contributed by atoms with E-state index in [9.17, 15) is 8.78 Å². The lowest BCUT2D eigenvalue weighted by Crippen LogP contribution is -2.13. The molecular weight excluding hydrogens is 373 g/mol. The highest BCUT2D eigenvalue weighted by atomic mass is 19.3. The Morgan fingerprint density at radius 3 is 2.41 bits per heavy atom. The van der Waals surface area contributed by atoms with Crippen molar-refractivity contribution in [3.8, 4) is 11.3 Å².